The third-order valence-electron chi connectivity index (χ3n) is 4.19. The number of rotatable bonds is 5. The highest BCUT2D eigenvalue weighted by Crippen LogP contribution is 2.26. The number of hydrogen-bond acceptors (Lipinski definition) is 2. The SMILES string of the molecule is CC1CCCC(N(C)CCNc2ccccc2F)C1. The predicted molar refractivity (Wildman–Crippen MR) is 78.9 cm³/mol. The minimum absolute atomic E-state index is 0.170. The van der Waals surface area contributed by atoms with Gasteiger partial charge in [-0.3, -0.25) is 0 Å². The number of halogens is 1. The maximum Gasteiger partial charge on any atom is 0.146 e. The second-order valence-corrected chi connectivity index (χ2v) is 5.81. The van der Waals surface area contributed by atoms with Crippen LogP contribution >= 0.6 is 0 Å². The topological polar surface area (TPSA) is 15.3 Å². The Kier molecular flexibility index (Phi) is 5.20. The molecule has 2 atom stereocenters. The number of likely N-dealkylation sites (N-methyl/N-ethyl adjacent to an activating group) is 1. The first kappa shape index (κ1) is 14.3. The zero-order valence-electron chi connectivity index (χ0n) is 12.0. The van der Waals surface area contributed by atoms with Crippen molar-refractivity contribution in [1.82, 2.24) is 4.90 Å². The summed E-state index contributed by atoms with van der Waals surface area (Å²) in [6, 6.07) is 7.56. The molecule has 1 fully saturated rings. The van der Waals surface area contributed by atoms with Crippen LogP contribution in [0.1, 0.15) is 32.6 Å². The molecule has 1 saturated carbocycles. The molecule has 0 radical (unpaired) electrons. The molecule has 19 heavy (non-hydrogen) atoms. The molecule has 2 rings (SSSR count). The van der Waals surface area contributed by atoms with Gasteiger partial charge in [0, 0.05) is 19.1 Å². The molecule has 1 aliphatic rings. The van der Waals surface area contributed by atoms with E-state index in [0.717, 1.165) is 19.0 Å². The molecule has 0 aromatic heterocycles. The number of para-hydroxylation sites is 1. The first-order chi connectivity index (χ1) is 9.16. The lowest BCUT2D eigenvalue weighted by atomic mass is 9.86. The number of benzene rings is 1. The van der Waals surface area contributed by atoms with Crippen molar-refractivity contribution in [3.05, 3.63) is 30.1 Å². The maximum atomic E-state index is 13.4. The van der Waals surface area contributed by atoms with Crippen LogP contribution in [0, 0.1) is 11.7 Å². The van der Waals surface area contributed by atoms with E-state index < -0.39 is 0 Å². The average Bonchev–Trinajstić information content (AvgIpc) is 2.41. The highest BCUT2D eigenvalue weighted by atomic mass is 19.1. The zero-order valence-corrected chi connectivity index (χ0v) is 12.0. The molecule has 0 spiro atoms. The smallest absolute Gasteiger partial charge is 0.146 e. The van der Waals surface area contributed by atoms with Gasteiger partial charge in [0.15, 0.2) is 0 Å². The summed E-state index contributed by atoms with van der Waals surface area (Å²) >= 11 is 0. The van der Waals surface area contributed by atoms with Gasteiger partial charge < -0.3 is 10.2 Å². The Hall–Kier alpha value is -1.09. The van der Waals surface area contributed by atoms with Crippen LogP contribution in [0.5, 0.6) is 0 Å². The summed E-state index contributed by atoms with van der Waals surface area (Å²) in [5, 5.41) is 3.18. The molecule has 0 bridgehead atoms. The van der Waals surface area contributed by atoms with Gasteiger partial charge in [0.1, 0.15) is 5.82 Å². The van der Waals surface area contributed by atoms with Crippen LogP contribution in [0.3, 0.4) is 0 Å². The van der Waals surface area contributed by atoms with E-state index in [4.69, 9.17) is 0 Å². The van der Waals surface area contributed by atoms with E-state index in [9.17, 15) is 4.39 Å². The van der Waals surface area contributed by atoms with Crippen LogP contribution in [0.4, 0.5) is 10.1 Å². The van der Waals surface area contributed by atoms with Gasteiger partial charge in [-0.05, 0) is 37.9 Å². The van der Waals surface area contributed by atoms with E-state index in [1.165, 1.54) is 31.7 Å². The molecule has 106 valence electrons. The van der Waals surface area contributed by atoms with Crippen molar-refractivity contribution < 1.29 is 4.39 Å². The second-order valence-electron chi connectivity index (χ2n) is 5.81. The van der Waals surface area contributed by atoms with Crippen LogP contribution in [0.2, 0.25) is 0 Å². The summed E-state index contributed by atoms with van der Waals surface area (Å²) in [7, 11) is 2.19. The van der Waals surface area contributed by atoms with Gasteiger partial charge in [0.05, 0.1) is 5.69 Å². The van der Waals surface area contributed by atoms with Crippen LogP contribution in [0.15, 0.2) is 24.3 Å². The molecule has 1 aromatic rings. The first-order valence-electron chi connectivity index (χ1n) is 7.35. The molecule has 3 heteroatoms. The Bertz CT molecular complexity index is 394. The highest BCUT2D eigenvalue weighted by molar-refractivity contribution is 5.44. The van der Waals surface area contributed by atoms with Crippen molar-refractivity contribution >= 4 is 5.69 Å². The first-order valence-corrected chi connectivity index (χ1v) is 7.35. The molecule has 1 aliphatic carbocycles. The van der Waals surface area contributed by atoms with Gasteiger partial charge >= 0.3 is 0 Å². The van der Waals surface area contributed by atoms with Crippen LogP contribution in [-0.4, -0.2) is 31.1 Å². The molecule has 0 heterocycles. The van der Waals surface area contributed by atoms with E-state index in [0.29, 0.717) is 11.7 Å². The average molecular weight is 264 g/mol. The fraction of sp³-hybridized carbons (Fsp3) is 0.625. The number of nitrogens with one attached hydrogen (secondary N) is 1. The molecule has 0 saturated heterocycles. The van der Waals surface area contributed by atoms with Crippen LogP contribution in [0.25, 0.3) is 0 Å². The van der Waals surface area contributed by atoms with Crippen molar-refractivity contribution in [2.75, 3.05) is 25.5 Å². The molecular weight excluding hydrogens is 239 g/mol. The minimum atomic E-state index is -0.170. The van der Waals surface area contributed by atoms with E-state index in [1.807, 2.05) is 6.07 Å². The number of anilines is 1. The van der Waals surface area contributed by atoms with E-state index in [2.05, 4.69) is 24.2 Å². The zero-order chi connectivity index (χ0) is 13.7. The van der Waals surface area contributed by atoms with E-state index in [1.54, 1.807) is 12.1 Å². The lowest BCUT2D eigenvalue weighted by molar-refractivity contribution is 0.169. The number of nitrogens with zero attached hydrogens (tertiary/aromatic N) is 1. The van der Waals surface area contributed by atoms with Gasteiger partial charge in [0.25, 0.3) is 0 Å². The van der Waals surface area contributed by atoms with Gasteiger partial charge in [-0.25, -0.2) is 4.39 Å². The second kappa shape index (κ2) is 6.90. The largest absolute Gasteiger partial charge is 0.381 e. The molecule has 0 aliphatic heterocycles. The normalized spacial score (nSPS) is 23.6. The summed E-state index contributed by atoms with van der Waals surface area (Å²) < 4.78 is 13.4. The third-order valence-corrected chi connectivity index (χ3v) is 4.19. The molecular formula is C16H25FN2. The molecule has 1 aromatic carbocycles. The maximum absolute atomic E-state index is 13.4. The van der Waals surface area contributed by atoms with Gasteiger partial charge in [0.2, 0.25) is 0 Å². The molecule has 0 amide bonds. The van der Waals surface area contributed by atoms with Crippen molar-refractivity contribution in [1.29, 1.82) is 0 Å². The van der Waals surface area contributed by atoms with Crippen molar-refractivity contribution in [3.63, 3.8) is 0 Å². The van der Waals surface area contributed by atoms with Gasteiger partial charge in [-0.1, -0.05) is 31.9 Å². The fourth-order valence-corrected chi connectivity index (χ4v) is 2.96. The predicted octanol–water partition coefficient (Wildman–Crippen LogP) is 3.75. The van der Waals surface area contributed by atoms with Crippen LogP contribution < -0.4 is 5.32 Å². The van der Waals surface area contributed by atoms with Crippen molar-refractivity contribution in [2.24, 2.45) is 5.92 Å². The Labute approximate surface area is 116 Å². The fourth-order valence-electron chi connectivity index (χ4n) is 2.96. The van der Waals surface area contributed by atoms with E-state index in [-0.39, 0.29) is 5.82 Å². The van der Waals surface area contributed by atoms with Gasteiger partial charge in [-0.15, -0.1) is 0 Å². The summed E-state index contributed by atoms with van der Waals surface area (Å²) in [5.74, 6) is 0.678. The summed E-state index contributed by atoms with van der Waals surface area (Å²) in [5.41, 5.74) is 0.605. The van der Waals surface area contributed by atoms with Crippen molar-refractivity contribution in [3.8, 4) is 0 Å². The Balaban J connectivity index is 1.74. The lowest BCUT2D eigenvalue weighted by Gasteiger charge is -2.34. The lowest BCUT2D eigenvalue weighted by Crippen LogP contribution is -2.38. The Morgan fingerprint density at radius 3 is 2.84 bits per heavy atom. The monoisotopic (exact) mass is 264 g/mol. The van der Waals surface area contributed by atoms with E-state index >= 15 is 0 Å². The molecule has 2 unspecified atom stereocenters. The van der Waals surface area contributed by atoms with Crippen molar-refractivity contribution in [2.45, 2.75) is 38.6 Å². The summed E-state index contributed by atoms with van der Waals surface area (Å²) in [4.78, 5) is 2.42. The highest BCUT2D eigenvalue weighted by Gasteiger charge is 2.21. The Morgan fingerprint density at radius 2 is 2.11 bits per heavy atom. The molecule has 1 N–H and O–H groups in total. The van der Waals surface area contributed by atoms with Gasteiger partial charge in [-0.2, -0.15) is 0 Å². The minimum Gasteiger partial charge on any atom is -0.381 e. The molecule has 2 nitrogen and oxygen atoms in total. The quantitative estimate of drug-likeness (QED) is 0.871. The summed E-state index contributed by atoms with van der Waals surface area (Å²) in [6.45, 7) is 4.10. The number of hydrogen-bond donors (Lipinski definition) is 1. The third kappa shape index (κ3) is 4.20. The van der Waals surface area contributed by atoms with Crippen LogP contribution in [-0.2, 0) is 0 Å². The summed E-state index contributed by atoms with van der Waals surface area (Å²) in [6.07, 6.45) is 5.32. The Morgan fingerprint density at radius 1 is 1.32 bits per heavy atom. The standard InChI is InChI=1S/C16H25FN2/c1-13-6-5-7-14(12-13)19(2)11-10-18-16-9-4-3-8-15(16)17/h3-4,8-9,13-14,18H,5-7,10-12H2,1-2H3.